The summed E-state index contributed by atoms with van der Waals surface area (Å²) in [6.07, 6.45) is -0.739. The van der Waals surface area contributed by atoms with Crippen molar-refractivity contribution in [3.8, 4) is 0 Å². The van der Waals surface area contributed by atoms with Crippen LogP contribution in [0.3, 0.4) is 0 Å². The quantitative estimate of drug-likeness (QED) is 0.414. The fourth-order valence-electron chi connectivity index (χ4n) is 4.25. The number of hydrogen-bond donors (Lipinski definition) is 4. The van der Waals surface area contributed by atoms with Gasteiger partial charge in [0.05, 0.1) is 12.0 Å². The highest BCUT2D eigenvalue weighted by atomic mass is 19.1. The lowest BCUT2D eigenvalue weighted by atomic mass is 9.85. The maximum absolute atomic E-state index is 14.6. The molecule has 0 saturated carbocycles. The molecule has 0 unspecified atom stereocenters. The van der Waals surface area contributed by atoms with Gasteiger partial charge >= 0.3 is 5.97 Å². The number of cyclic esters (lactones) is 1. The van der Waals surface area contributed by atoms with E-state index in [-0.39, 0.29) is 24.2 Å². The summed E-state index contributed by atoms with van der Waals surface area (Å²) in [5.41, 5.74) is -0.905. The summed E-state index contributed by atoms with van der Waals surface area (Å²) in [6, 6.07) is 0.731. The Hall–Kier alpha value is -3.54. The number of rotatable bonds is 6. The van der Waals surface area contributed by atoms with Crippen molar-refractivity contribution >= 4 is 35.3 Å². The SMILES string of the molecule is CC(=O)Nc1ccc(C(=O)N[C@H](C(=O)N2CCC[C@H]2C(=O)N[C@H]2CC(=O)O[C@H]2O)C(C)(C)C)c(F)c1. The summed E-state index contributed by atoms with van der Waals surface area (Å²) < 4.78 is 19.2. The molecule has 2 aliphatic rings. The van der Waals surface area contributed by atoms with Crippen molar-refractivity contribution in [3.63, 3.8) is 0 Å². The number of aliphatic hydroxyl groups excluding tert-OH is 1. The maximum atomic E-state index is 14.6. The minimum absolute atomic E-state index is 0.180. The van der Waals surface area contributed by atoms with Gasteiger partial charge in [-0.1, -0.05) is 20.8 Å². The third-order valence-electron chi connectivity index (χ3n) is 6.07. The van der Waals surface area contributed by atoms with Gasteiger partial charge in [-0.3, -0.25) is 24.0 Å². The first-order valence-corrected chi connectivity index (χ1v) is 11.6. The number of likely N-dealkylation sites (tertiary alicyclic amines) is 1. The van der Waals surface area contributed by atoms with Crippen molar-refractivity contribution in [3.05, 3.63) is 29.6 Å². The molecule has 0 aliphatic carbocycles. The normalized spacial score (nSPS) is 22.6. The zero-order valence-electron chi connectivity index (χ0n) is 20.6. The first kappa shape index (κ1) is 27.1. The minimum Gasteiger partial charge on any atom is -0.434 e. The third-order valence-corrected chi connectivity index (χ3v) is 6.07. The number of carbonyl (C=O) groups is 5. The fraction of sp³-hybridized carbons (Fsp3) is 0.542. The molecule has 0 radical (unpaired) electrons. The van der Waals surface area contributed by atoms with Crippen LogP contribution in [0.4, 0.5) is 10.1 Å². The van der Waals surface area contributed by atoms with Crippen LogP contribution in [0.2, 0.25) is 0 Å². The summed E-state index contributed by atoms with van der Waals surface area (Å²) in [5, 5.41) is 17.4. The van der Waals surface area contributed by atoms with Crippen LogP contribution in [0.5, 0.6) is 0 Å². The van der Waals surface area contributed by atoms with Crippen LogP contribution in [0.25, 0.3) is 0 Å². The first-order valence-electron chi connectivity index (χ1n) is 11.6. The van der Waals surface area contributed by atoms with E-state index in [0.29, 0.717) is 12.8 Å². The molecule has 2 aliphatic heterocycles. The average Bonchev–Trinajstić information content (AvgIpc) is 3.36. The second-order valence-corrected chi connectivity index (χ2v) is 10.0. The number of anilines is 1. The molecule has 3 rings (SSSR count). The molecule has 4 atom stereocenters. The van der Waals surface area contributed by atoms with Crippen molar-refractivity contribution in [1.82, 2.24) is 15.5 Å². The van der Waals surface area contributed by atoms with E-state index in [1.54, 1.807) is 20.8 Å². The van der Waals surface area contributed by atoms with Crippen LogP contribution in [-0.2, 0) is 23.9 Å². The molecule has 196 valence electrons. The summed E-state index contributed by atoms with van der Waals surface area (Å²) >= 11 is 0. The number of halogens is 1. The smallest absolute Gasteiger partial charge is 0.310 e. The van der Waals surface area contributed by atoms with E-state index in [1.165, 1.54) is 24.0 Å². The van der Waals surface area contributed by atoms with Crippen molar-refractivity contribution < 1.29 is 38.2 Å². The molecule has 2 fully saturated rings. The highest BCUT2D eigenvalue weighted by molar-refractivity contribution is 5.99. The van der Waals surface area contributed by atoms with Gasteiger partial charge in [-0.15, -0.1) is 0 Å². The Morgan fingerprint density at radius 2 is 1.92 bits per heavy atom. The number of carbonyl (C=O) groups excluding carboxylic acids is 5. The fourth-order valence-corrected chi connectivity index (χ4v) is 4.25. The van der Waals surface area contributed by atoms with Gasteiger partial charge in [-0.2, -0.15) is 0 Å². The van der Waals surface area contributed by atoms with E-state index in [1.807, 2.05) is 0 Å². The van der Waals surface area contributed by atoms with Crippen molar-refractivity contribution in [2.45, 2.75) is 71.4 Å². The van der Waals surface area contributed by atoms with E-state index in [9.17, 15) is 33.5 Å². The van der Waals surface area contributed by atoms with Gasteiger partial charge in [0.2, 0.25) is 24.0 Å². The van der Waals surface area contributed by atoms with Gasteiger partial charge in [0, 0.05) is 19.2 Å². The second-order valence-electron chi connectivity index (χ2n) is 10.0. The molecule has 4 amide bonds. The molecule has 0 bridgehead atoms. The monoisotopic (exact) mass is 506 g/mol. The molecule has 12 heteroatoms. The predicted octanol–water partition coefficient (Wildman–Crippen LogP) is 0.670. The van der Waals surface area contributed by atoms with Gasteiger partial charge in [-0.05, 0) is 36.5 Å². The van der Waals surface area contributed by atoms with E-state index in [4.69, 9.17) is 0 Å². The van der Waals surface area contributed by atoms with Crippen LogP contribution >= 0.6 is 0 Å². The molecular weight excluding hydrogens is 475 g/mol. The van der Waals surface area contributed by atoms with E-state index in [0.717, 1.165) is 6.07 Å². The van der Waals surface area contributed by atoms with Crippen molar-refractivity contribution in [2.75, 3.05) is 11.9 Å². The number of amides is 4. The lowest BCUT2D eigenvalue weighted by molar-refractivity contribution is -0.155. The van der Waals surface area contributed by atoms with Gasteiger partial charge in [0.1, 0.15) is 23.9 Å². The number of nitrogens with one attached hydrogen (secondary N) is 3. The maximum Gasteiger partial charge on any atom is 0.310 e. The molecule has 1 aromatic rings. The molecule has 11 nitrogen and oxygen atoms in total. The highest BCUT2D eigenvalue weighted by Gasteiger charge is 2.43. The zero-order chi connectivity index (χ0) is 26.8. The van der Waals surface area contributed by atoms with Gasteiger partial charge < -0.3 is 30.7 Å². The first-order chi connectivity index (χ1) is 16.8. The molecule has 0 spiro atoms. The van der Waals surface area contributed by atoms with Crippen molar-refractivity contribution in [1.29, 1.82) is 0 Å². The van der Waals surface area contributed by atoms with E-state index >= 15 is 0 Å². The highest BCUT2D eigenvalue weighted by Crippen LogP contribution is 2.27. The lowest BCUT2D eigenvalue weighted by Crippen LogP contribution is -2.58. The summed E-state index contributed by atoms with van der Waals surface area (Å²) in [5.74, 6) is -3.77. The predicted molar refractivity (Wildman–Crippen MR) is 125 cm³/mol. The van der Waals surface area contributed by atoms with E-state index in [2.05, 4.69) is 20.7 Å². The van der Waals surface area contributed by atoms with E-state index < -0.39 is 65.2 Å². The second kappa shape index (κ2) is 10.6. The average molecular weight is 507 g/mol. The molecular formula is C24H31FN4O7. The van der Waals surface area contributed by atoms with Crippen LogP contribution < -0.4 is 16.0 Å². The van der Waals surface area contributed by atoms with Gasteiger partial charge in [-0.25, -0.2) is 4.39 Å². The third kappa shape index (κ3) is 6.17. The number of aliphatic hydroxyl groups is 1. The van der Waals surface area contributed by atoms with Crippen LogP contribution in [0, 0.1) is 11.2 Å². The number of ether oxygens (including phenoxy) is 1. The number of esters is 1. The molecule has 0 aromatic heterocycles. The summed E-state index contributed by atoms with van der Waals surface area (Å²) in [6.45, 7) is 6.73. The number of benzene rings is 1. The molecule has 36 heavy (non-hydrogen) atoms. The van der Waals surface area contributed by atoms with Gasteiger partial charge in [0.15, 0.2) is 0 Å². The van der Waals surface area contributed by atoms with Crippen LogP contribution in [-0.4, -0.2) is 70.6 Å². The number of hydrogen-bond acceptors (Lipinski definition) is 7. The summed E-state index contributed by atoms with van der Waals surface area (Å²) in [4.78, 5) is 63.3. The Morgan fingerprint density at radius 1 is 1.22 bits per heavy atom. The molecule has 1 aromatic carbocycles. The topological polar surface area (TPSA) is 154 Å². The Bertz CT molecular complexity index is 1070. The standard InChI is InChI=1S/C24H31FN4O7/c1-12(30)26-13-7-8-14(15(25)10-13)20(32)28-19(24(2,3)4)22(34)29-9-5-6-17(29)21(33)27-16-11-18(31)36-23(16)35/h7-8,10,16-17,19,23,35H,5-6,9,11H2,1-4H3,(H,26,30)(H,27,33)(H,28,32)/t16-,17-,19+,23+/m0/s1. The Morgan fingerprint density at radius 3 is 2.47 bits per heavy atom. The zero-order valence-corrected chi connectivity index (χ0v) is 20.6. The Labute approximate surface area is 207 Å². The summed E-state index contributed by atoms with van der Waals surface area (Å²) in [7, 11) is 0. The van der Waals surface area contributed by atoms with Gasteiger partial charge in [0.25, 0.3) is 5.91 Å². The minimum atomic E-state index is -1.46. The van der Waals surface area contributed by atoms with Crippen molar-refractivity contribution in [2.24, 2.45) is 5.41 Å². The van der Waals surface area contributed by atoms with Crippen LogP contribution in [0.15, 0.2) is 18.2 Å². The lowest BCUT2D eigenvalue weighted by Gasteiger charge is -2.35. The molecule has 4 N–H and O–H groups in total. The van der Waals surface area contributed by atoms with Crippen LogP contribution in [0.1, 0.15) is 57.3 Å². The molecule has 2 heterocycles. The number of nitrogens with zero attached hydrogens (tertiary/aromatic N) is 1. The Kier molecular flexibility index (Phi) is 7.97. The Balaban J connectivity index is 1.75. The molecule has 2 saturated heterocycles. The largest absolute Gasteiger partial charge is 0.434 e.